The zero-order chi connectivity index (χ0) is 21.1. The number of hydrogen-bond donors (Lipinski definition) is 3. The number of hydrogen-bond acceptors (Lipinski definition) is 5. The molecular weight excluding hydrogens is 390 g/mol. The van der Waals surface area contributed by atoms with Crippen LogP contribution < -0.4 is 20.7 Å². The molecule has 2 aromatic rings. The Kier molecular flexibility index (Phi) is 9.07. The molecule has 8 heteroatoms. The van der Waals surface area contributed by atoms with Gasteiger partial charge >= 0.3 is 0 Å². The standard InChI is InChI=1S/C21H25N3O4S/c1-3-19(25)22-16-8-10-17(11-9-16)23-21(29)24-20(26)15-6-5-7-18(14-15)28-13-12-27-4-2/h5-11,14H,3-4,12-13H2,1-2H3,(H,22,25)(H2,23,24,26,29). The zero-order valence-corrected chi connectivity index (χ0v) is 17.3. The minimum absolute atomic E-state index is 0.0578. The Morgan fingerprint density at radius 2 is 1.66 bits per heavy atom. The number of carbonyl (C=O) groups is 2. The fourth-order valence-electron chi connectivity index (χ4n) is 2.31. The Bertz CT molecular complexity index is 840. The van der Waals surface area contributed by atoms with Crippen molar-refractivity contribution in [2.45, 2.75) is 20.3 Å². The van der Waals surface area contributed by atoms with E-state index >= 15 is 0 Å². The van der Waals surface area contributed by atoms with Crippen LogP contribution in [-0.4, -0.2) is 36.7 Å². The van der Waals surface area contributed by atoms with E-state index in [0.717, 1.165) is 0 Å². The third-order valence-corrected chi connectivity index (χ3v) is 3.98. The van der Waals surface area contributed by atoms with Crippen LogP contribution in [0.3, 0.4) is 0 Å². The second kappa shape index (κ2) is 11.8. The summed E-state index contributed by atoms with van der Waals surface area (Å²) >= 11 is 5.21. The molecule has 0 aliphatic heterocycles. The van der Waals surface area contributed by atoms with Gasteiger partial charge in [0, 0.05) is 30.0 Å². The quantitative estimate of drug-likeness (QED) is 0.429. The maximum atomic E-state index is 12.4. The normalized spacial score (nSPS) is 10.1. The van der Waals surface area contributed by atoms with Gasteiger partial charge in [0.05, 0.1) is 6.61 Å². The number of thiocarbonyl (C=S) groups is 1. The summed E-state index contributed by atoms with van der Waals surface area (Å²) in [6, 6.07) is 13.9. The molecule has 2 aromatic carbocycles. The van der Waals surface area contributed by atoms with E-state index in [2.05, 4.69) is 16.0 Å². The Morgan fingerprint density at radius 1 is 0.966 bits per heavy atom. The molecule has 7 nitrogen and oxygen atoms in total. The number of rotatable bonds is 9. The number of carbonyl (C=O) groups excluding carboxylic acids is 2. The van der Waals surface area contributed by atoms with Crippen molar-refractivity contribution >= 4 is 40.5 Å². The molecule has 2 rings (SSSR count). The van der Waals surface area contributed by atoms with Crippen molar-refractivity contribution in [3.05, 3.63) is 54.1 Å². The van der Waals surface area contributed by atoms with Crippen molar-refractivity contribution in [2.75, 3.05) is 30.5 Å². The van der Waals surface area contributed by atoms with Crippen LogP contribution in [0.2, 0.25) is 0 Å². The molecule has 0 unspecified atom stereocenters. The van der Waals surface area contributed by atoms with Gasteiger partial charge in [-0.15, -0.1) is 0 Å². The van der Waals surface area contributed by atoms with Crippen LogP contribution in [0, 0.1) is 0 Å². The number of amides is 2. The maximum Gasteiger partial charge on any atom is 0.257 e. The molecule has 0 aliphatic carbocycles. The predicted octanol–water partition coefficient (Wildman–Crippen LogP) is 3.58. The largest absolute Gasteiger partial charge is 0.491 e. The first kappa shape index (κ1) is 22.3. The van der Waals surface area contributed by atoms with Crippen LogP contribution >= 0.6 is 12.2 Å². The predicted molar refractivity (Wildman–Crippen MR) is 117 cm³/mol. The van der Waals surface area contributed by atoms with Crippen LogP contribution in [0.15, 0.2) is 48.5 Å². The molecule has 0 heterocycles. The number of ether oxygens (including phenoxy) is 2. The van der Waals surface area contributed by atoms with E-state index in [0.29, 0.717) is 48.9 Å². The van der Waals surface area contributed by atoms with Crippen molar-refractivity contribution in [2.24, 2.45) is 0 Å². The van der Waals surface area contributed by atoms with Crippen LogP contribution in [-0.2, 0) is 9.53 Å². The molecule has 0 fully saturated rings. The highest BCUT2D eigenvalue weighted by atomic mass is 32.1. The van der Waals surface area contributed by atoms with Gasteiger partial charge in [-0.25, -0.2) is 0 Å². The zero-order valence-electron chi connectivity index (χ0n) is 16.5. The number of benzene rings is 2. The lowest BCUT2D eigenvalue weighted by Crippen LogP contribution is -2.34. The minimum Gasteiger partial charge on any atom is -0.491 e. The van der Waals surface area contributed by atoms with E-state index in [1.54, 1.807) is 55.5 Å². The molecule has 2 amide bonds. The highest BCUT2D eigenvalue weighted by Gasteiger charge is 2.09. The number of nitrogens with one attached hydrogen (secondary N) is 3. The molecule has 0 aliphatic rings. The van der Waals surface area contributed by atoms with E-state index in [4.69, 9.17) is 21.7 Å². The summed E-state index contributed by atoms with van der Waals surface area (Å²) in [6.07, 6.45) is 0.412. The third kappa shape index (κ3) is 7.89. The molecule has 0 saturated carbocycles. The van der Waals surface area contributed by atoms with Gasteiger partial charge in [0.15, 0.2) is 5.11 Å². The van der Waals surface area contributed by atoms with Gasteiger partial charge in [0.1, 0.15) is 12.4 Å². The second-order valence-corrected chi connectivity index (χ2v) is 6.37. The van der Waals surface area contributed by atoms with Gasteiger partial charge in [-0.05, 0) is 61.6 Å². The van der Waals surface area contributed by atoms with Gasteiger partial charge in [0.2, 0.25) is 5.91 Å². The molecule has 0 spiro atoms. The van der Waals surface area contributed by atoms with Crippen molar-refractivity contribution in [3.63, 3.8) is 0 Å². The lowest BCUT2D eigenvalue weighted by atomic mass is 10.2. The minimum atomic E-state index is -0.343. The summed E-state index contributed by atoms with van der Waals surface area (Å²) in [5, 5.41) is 8.51. The molecule has 0 bridgehead atoms. The average Bonchev–Trinajstić information content (AvgIpc) is 2.72. The first-order valence-corrected chi connectivity index (χ1v) is 9.75. The Morgan fingerprint density at radius 3 is 2.31 bits per heavy atom. The summed E-state index contributed by atoms with van der Waals surface area (Å²) in [5.74, 6) is 0.183. The molecule has 154 valence electrons. The van der Waals surface area contributed by atoms with Gasteiger partial charge in [0.25, 0.3) is 5.91 Å². The molecule has 29 heavy (non-hydrogen) atoms. The Labute approximate surface area is 175 Å². The smallest absolute Gasteiger partial charge is 0.257 e. The summed E-state index contributed by atoms with van der Waals surface area (Å²) in [7, 11) is 0. The van der Waals surface area contributed by atoms with Crippen molar-refractivity contribution in [1.29, 1.82) is 0 Å². The Balaban J connectivity index is 1.87. The molecule has 0 atom stereocenters. The van der Waals surface area contributed by atoms with Gasteiger partial charge < -0.3 is 20.1 Å². The fraction of sp³-hybridized carbons (Fsp3) is 0.286. The second-order valence-electron chi connectivity index (χ2n) is 5.96. The van der Waals surface area contributed by atoms with Crippen LogP contribution in [0.5, 0.6) is 5.75 Å². The highest BCUT2D eigenvalue weighted by Crippen LogP contribution is 2.15. The van der Waals surface area contributed by atoms with E-state index < -0.39 is 0 Å². The molecule has 0 radical (unpaired) electrons. The third-order valence-electron chi connectivity index (χ3n) is 3.77. The number of anilines is 2. The van der Waals surface area contributed by atoms with E-state index in [1.165, 1.54) is 0 Å². The Hall–Kier alpha value is -2.97. The SMILES string of the molecule is CCOCCOc1cccc(C(=O)NC(=S)Nc2ccc(NC(=O)CC)cc2)c1. The topological polar surface area (TPSA) is 88.7 Å². The summed E-state index contributed by atoms with van der Waals surface area (Å²) in [6.45, 7) is 5.23. The van der Waals surface area contributed by atoms with Gasteiger partial charge in [-0.2, -0.15) is 0 Å². The monoisotopic (exact) mass is 415 g/mol. The molecule has 0 aromatic heterocycles. The maximum absolute atomic E-state index is 12.4. The first-order chi connectivity index (χ1) is 14.0. The molecular formula is C21H25N3O4S. The summed E-state index contributed by atoms with van der Waals surface area (Å²) in [4.78, 5) is 23.8. The van der Waals surface area contributed by atoms with Crippen LogP contribution in [0.1, 0.15) is 30.6 Å². The fourth-order valence-corrected chi connectivity index (χ4v) is 2.52. The van der Waals surface area contributed by atoms with Crippen LogP contribution in [0.25, 0.3) is 0 Å². The van der Waals surface area contributed by atoms with E-state index in [1.807, 2.05) is 6.92 Å². The van der Waals surface area contributed by atoms with Crippen molar-refractivity contribution in [3.8, 4) is 5.75 Å². The van der Waals surface area contributed by atoms with E-state index in [9.17, 15) is 9.59 Å². The summed E-state index contributed by atoms with van der Waals surface area (Å²) < 4.78 is 10.8. The van der Waals surface area contributed by atoms with Gasteiger partial charge in [-0.1, -0.05) is 13.0 Å². The first-order valence-electron chi connectivity index (χ1n) is 9.34. The summed E-state index contributed by atoms with van der Waals surface area (Å²) in [5.41, 5.74) is 1.82. The van der Waals surface area contributed by atoms with Crippen LogP contribution in [0.4, 0.5) is 11.4 Å². The molecule has 0 saturated heterocycles. The lowest BCUT2D eigenvalue weighted by molar-refractivity contribution is -0.115. The lowest BCUT2D eigenvalue weighted by Gasteiger charge is -2.11. The molecule has 3 N–H and O–H groups in total. The van der Waals surface area contributed by atoms with Crippen molar-refractivity contribution in [1.82, 2.24) is 5.32 Å². The highest BCUT2D eigenvalue weighted by molar-refractivity contribution is 7.80. The van der Waals surface area contributed by atoms with Gasteiger partial charge in [-0.3, -0.25) is 14.9 Å². The average molecular weight is 416 g/mol. The van der Waals surface area contributed by atoms with E-state index in [-0.39, 0.29) is 16.9 Å². The van der Waals surface area contributed by atoms with Crippen molar-refractivity contribution < 1.29 is 19.1 Å².